The van der Waals surface area contributed by atoms with Gasteiger partial charge in [-0.3, -0.25) is 0 Å². The number of hydrogen-bond donors (Lipinski definition) is 6. The first kappa shape index (κ1) is 87.2. The highest BCUT2D eigenvalue weighted by Gasteiger charge is 2.38. The van der Waals surface area contributed by atoms with Gasteiger partial charge in [-0.15, -0.1) is 0 Å². The Morgan fingerprint density at radius 1 is 0.339 bits per heavy atom. The SMILES string of the molecule is COc1ccccc1-c1cc(F)cc2c1OC(CN)O2.Cc1ccccc1-c1c(F)ccc2c1O[C@@H](CN)CO2.NCC1Oc2cc(F)cc(-c3cccc(Cl)c3)c2O1.NCC1Oc2cc(F)cc(-c3ccccc3)c2O1.NC[C@H]1COc2ccc(Cl)c(-c3ccccc3C(F)(F)F)c2O1.NC[C@H]1COc2ccc(F)c(-c3ccc(Cl)cc3Cl)c2O1. The molecule has 0 aliphatic carbocycles. The summed E-state index contributed by atoms with van der Waals surface area (Å²) in [5.74, 6) is 3.76. The van der Waals surface area contributed by atoms with Crippen LogP contribution >= 0.6 is 46.4 Å². The van der Waals surface area contributed by atoms with Gasteiger partial charge in [0.2, 0.25) is 0 Å². The molecule has 121 heavy (non-hydrogen) atoms. The molecule has 12 aromatic rings. The Hall–Kier alpha value is -11.6. The van der Waals surface area contributed by atoms with Crippen molar-refractivity contribution < 1.29 is 96.7 Å². The number of para-hydroxylation sites is 1. The lowest BCUT2D eigenvalue weighted by Gasteiger charge is -2.28. The molecule has 3 unspecified atom stereocenters. The first-order valence-electron chi connectivity index (χ1n) is 37.6. The van der Waals surface area contributed by atoms with Crippen molar-refractivity contribution in [3.8, 4) is 142 Å². The zero-order valence-electron chi connectivity index (χ0n) is 64.4. The number of halogens is 12. The maximum atomic E-state index is 14.3. The third-order valence-corrected chi connectivity index (χ3v) is 20.1. The van der Waals surface area contributed by atoms with Gasteiger partial charge in [0.05, 0.1) is 53.5 Å². The number of alkyl halides is 3. The van der Waals surface area contributed by atoms with Gasteiger partial charge in [-0.25, -0.2) is 22.0 Å². The molecule has 0 radical (unpaired) electrons. The molecular formula is C90H78Cl4F8N6O13. The normalized spacial score (nSPS) is 16.8. The minimum Gasteiger partial charge on any atom is -0.496 e. The molecule has 0 aromatic heterocycles. The maximum absolute atomic E-state index is 14.3. The summed E-state index contributed by atoms with van der Waals surface area (Å²) < 4.78 is 182. The second-order valence-electron chi connectivity index (χ2n) is 27.2. The van der Waals surface area contributed by atoms with E-state index in [4.69, 9.17) is 142 Å². The van der Waals surface area contributed by atoms with Crippen LogP contribution < -0.4 is 96.0 Å². The quantitative estimate of drug-likeness (QED) is 0.0585. The minimum absolute atomic E-state index is 0.0527. The number of benzene rings is 12. The summed E-state index contributed by atoms with van der Waals surface area (Å²) in [5.41, 5.74) is 39.9. The van der Waals surface area contributed by atoms with E-state index in [1.165, 1.54) is 78.9 Å². The fourth-order valence-corrected chi connectivity index (χ4v) is 14.3. The molecule has 6 heterocycles. The highest BCUT2D eigenvalue weighted by atomic mass is 35.5. The second kappa shape index (κ2) is 39.3. The predicted molar refractivity (Wildman–Crippen MR) is 447 cm³/mol. The highest BCUT2D eigenvalue weighted by molar-refractivity contribution is 6.36. The first-order chi connectivity index (χ1) is 58.4. The Kier molecular flexibility index (Phi) is 28.3. The Labute approximate surface area is 710 Å². The van der Waals surface area contributed by atoms with Crippen LogP contribution in [0.4, 0.5) is 35.1 Å². The number of methoxy groups -OCH3 is 1. The second-order valence-corrected chi connectivity index (χ2v) is 28.9. The Bertz CT molecular complexity index is 5700. The van der Waals surface area contributed by atoms with Crippen molar-refractivity contribution in [2.45, 2.75) is 50.3 Å². The average Bonchev–Trinajstić information content (AvgIpc) is 1.79. The van der Waals surface area contributed by atoms with Crippen molar-refractivity contribution in [1.29, 1.82) is 0 Å². The molecule has 6 aliphatic rings. The summed E-state index contributed by atoms with van der Waals surface area (Å²) in [6.45, 7) is 4.34. The van der Waals surface area contributed by atoms with E-state index in [2.05, 4.69) is 0 Å². The molecule has 12 N–H and O–H groups in total. The fraction of sp³-hybridized carbons (Fsp3) is 0.200. The van der Waals surface area contributed by atoms with E-state index < -0.39 is 54.2 Å². The van der Waals surface area contributed by atoms with Gasteiger partial charge in [0.25, 0.3) is 18.9 Å². The number of aryl methyl sites for hydroxylation is 1. The molecule has 18 rings (SSSR count). The van der Waals surface area contributed by atoms with Crippen molar-refractivity contribution in [2.75, 3.05) is 66.2 Å². The summed E-state index contributed by atoms with van der Waals surface area (Å²) in [5, 5.41) is 1.55. The summed E-state index contributed by atoms with van der Waals surface area (Å²) in [7, 11) is 1.57. The van der Waals surface area contributed by atoms with Gasteiger partial charge < -0.3 is 96.0 Å². The van der Waals surface area contributed by atoms with E-state index >= 15 is 0 Å². The number of fused-ring (bicyclic) bond motifs is 6. The number of hydrogen-bond acceptors (Lipinski definition) is 19. The molecular weight excluding hydrogens is 1670 g/mol. The van der Waals surface area contributed by atoms with Crippen LogP contribution in [0.1, 0.15) is 11.1 Å². The molecule has 630 valence electrons. The Morgan fingerprint density at radius 3 is 1.24 bits per heavy atom. The van der Waals surface area contributed by atoms with E-state index in [0.717, 1.165) is 33.9 Å². The van der Waals surface area contributed by atoms with Crippen molar-refractivity contribution in [2.24, 2.45) is 34.4 Å². The molecule has 12 aromatic carbocycles. The van der Waals surface area contributed by atoms with Crippen LogP contribution in [0, 0.1) is 36.0 Å². The monoisotopic (exact) mass is 1740 g/mol. The highest BCUT2D eigenvalue weighted by Crippen LogP contribution is 2.53. The topological polar surface area (TPSA) is 276 Å². The summed E-state index contributed by atoms with van der Waals surface area (Å²) in [4.78, 5) is 0. The lowest BCUT2D eigenvalue weighted by atomic mass is 9.97. The van der Waals surface area contributed by atoms with Gasteiger partial charge in [0.1, 0.15) is 73.0 Å². The van der Waals surface area contributed by atoms with Crippen LogP contribution in [0.3, 0.4) is 0 Å². The number of ether oxygens (including phenoxy) is 13. The Morgan fingerprint density at radius 2 is 0.760 bits per heavy atom. The van der Waals surface area contributed by atoms with Crippen LogP contribution in [0.25, 0.3) is 66.8 Å². The van der Waals surface area contributed by atoms with Crippen LogP contribution in [0.15, 0.2) is 218 Å². The van der Waals surface area contributed by atoms with E-state index in [0.29, 0.717) is 132 Å². The lowest BCUT2D eigenvalue weighted by Crippen LogP contribution is -2.36. The molecule has 0 saturated carbocycles. The van der Waals surface area contributed by atoms with Gasteiger partial charge in [0, 0.05) is 81.3 Å². The van der Waals surface area contributed by atoms with Gasteiger partial charge in [0.15, 0.2) is 69.0 Å². The summed E-state index contributed by atoms with van der Waals surface area (Å²) in [6, 6.07) is 58.7. The molecule has 0 bridgehead atoms. The molecule has 19 nitrogen and oxygen atoms in total. The van der Waals surface area contributed by atoms with Gasteiger partial charge in [-0.05, 0) is 126 Å². The van der Waals surface area contributed by atoms with Crippen molar-refractivity contribution in [3.05, 3.63) is 279 Å². The van der Waals surface area contributed by atoms with Crippen molar-refractivity contribution >= 4 is 46.4 Å². The van der Waals surface area contributed by atoms with E-state index in [-0.39, 0.29) is 90.6 Å². The summed E-state index contributed by atoms with van der Waals surface area (Å²) >= 11 is 24.2. The zero-order valence-corrected chi connectivity index (χ0v) is 67.4. The third-order valence-electron chi connectivity index (χ3n) is 19.0. The van der Waals surface area contributed by atoms with E-state index in [1.54, 1.807) is 55.6 Å². The molecule has 0 saturated heterocycles. The van der Waals surface area contributed by atoms with Gasteiger partial charge in [-0.1, -0.05) is 156 Å². The van der Waals surface area contributed by atoms with Crippen LogP contribution in [0.2, 0.25) is 20.1 Å². The zero-order chi connectivity index (χ0) is 85.8. The van der Waals surface area contributed by atoms with E-state index in [9.17, 15) is 35.1 Å². The molecule has 6 atom stereocenters. The lowest BCUT2D eigenvalue weighted by molar-refractivity contribution is -0.137. The number of rotatable bonds is 13. The molecule has 0 amide bonds. The number of nitrogens with two attached hydrogens (primary N) is 6. The fourth-order valence-electron chi connectivity index (χ4n) is 13.3. The first-order valence-corrected chi connectivity index (χ1v) is 39.1. The van der Waals surface area contributed by atoms with Gasteiger partial charge in [-0.2, -0.15) is 13.2 Å². The predicted octanol–water partition coefficient (Wildman–Crippen LogP) is 19.2. The standard InChI is InChI=1S/C16H13ClF3NO2.C16H16FNO2.C15H12Cl2FNO2.C15H14FNO3.C14H11ClFNO2.C14H12FNO2/c17-12-5-6-13-15(23-9(7-21)8-22-13)14(12)10-3-1-2-4-11(10)16(18,19)20;1-10-4-2-3-5-12(10)15-13(17)6-7-14-16(15)20-11(8-18)9-19-14;16-8-1-2-10(11(17)5-8)14-12(18)3-4-13-15(14)21-9(6-19)7-20-13;1-18-12-5-3-2-4-10(12)11-6-9(16)7-13-15(11)20-14(8-17)19-13;15-9-3-1-2-8(4-9)11-5-10(16)6-12-14(11)19-13(7-17)18-12;15-10-6-11(9-4-2-1-3-5-9)14-12(7-10)17-13(8-16)18-14/h1-6,9H,7-8,21H2;2-7,11H,8-9,18H2,1H3;1-5,9H,6-7,19H2;2-7,14H,8,17H2,1H3;1-6,13H,7,17H2;1-7,13H,8,16H2/t9-;11-;9-;;;/m000.../s1. The maximum Gasteiger partial charge on any atom is 0.417 e. The smallest absolute Gasteiger partial charge is 0.417 e. The molecule has 0 fully saturated rings. The third kappa shape index (κ3) is 20.2. The minimum atomic E-state index is -4.51. The average molecular weight is 1750 g/mol. The summed E-state index contributed by atoms with van der Waals surface area (Å²) in [6.07, 6.45) is -7.20. The van der Waals surface area contributed by atoms with Crippen molar-refractivity contribution in [1.82, 2.24) is 0 Å². The largest absolute Gasteiger partial charge is 0.496 e. The van der Waals surface area contributed by atoms with Crippen LogP contribution in [-0.4, -0.2) is 103 Å². The molecule has 6 aliphatic heterocycles. The van der Waals surface area contributed by atoms with E-state index in [1.807, 2.05) is 91.9 Å². The molecule has 31 heteroatoms. The van der Waals surface area contributed by atoms with Gasteiger partial charge >= 0.3 is 6.18 Å². The molecule has 0 spiro atoms. The Balaban J connectivity index is 0.000000125. The van der Waals surface area contributed by atoms with Crippen molar-refractivity contribution in [3.63, 3.8) is 0 Å². The van der Waals surface area contributed by atoms with Crippen LogP contribution in [0.5, 0.6) is 74.7 Å². The van der Waals surface area contributed by atoms with Crippen LogP contribution in [-0.2, 0) is 6.18 Å².